The van der Waals surface area contributed by atoms with Crippen molar-refractivity contribution in [2.75, 3.05) is 0 Å². The summed E-state index contributed by atoms with van der Waals surface area (Å²) in [6.07, 6.45) is 0.668. The predicted molar refractivity (Wildman–Crippen MR) is 64.7 cm³/mol. The second-order valence-electron chi connectivity index (χ2n) is 4.10. The minimum Gasteiger partial charge on any atom is -0.480 e. The maximum atomic E-state index is 11.1. The molecule has 0 aliphatic heterocycles. The highest BCUT2D eigenvalue weighted by Gasteiger charge is 2.37. The van der Waals surface area contributed by atoms with Crippen LogP contribution in [0.15, 0.2) is 24.3 Å². The lowest BCUT2D eigenvalue weighted by molar-refractivity contribution is -0.143. The second-order valence-corrected chi connectivity index (χ2v) is 4.54. The Morgan fingerprint density at radius 3 is 2.38 bits per heavy atom. The van der Waals surface area contributed by atoms with Crippen molar-refractivity contribution < 1.29 is 9.90 Å². The lowest BCUT2D eigenvalue weighted by Crippen LogP contribution is -2.50. The van der Waals surface area contributed by atoms with E-state index in [0.29, 0.717) is 11.4 Å². The van der Waals surface area contributed by atoms with Crippen molar-refractivity contribution in [3.63, 3.8) is 0 Å². The van der Waals surface area contributed by atoms with Gasteiger partial charge in [0, 0.05) is 10.9 Å². The number of carboxylic acid groups (broad SMARTS) is 1. The molecule has 16 heavy (non-hydrogen) atoms. The van der Waals surface area contributed by atoms with E-state index in [9.17, 15) is 4.79 Å². The molecule has 2 atom stereocenters. The summed E-state index contributed by atoms with van der Waals surface area (Å²) in [6.45, 7) is 3.46. The molecule has 1 rings (SSSR count). The molecule has 88 valence electrons. The van der Waals surface area contributed by atoms with Crippen LogP contribution in [0.4, 0.5) is 0 Å². The van der Waals surface area contributed by atoms with Crippen LogP contribution in [-0.4, -0.2) is 16.6 Å². The summed E-state index contributed by atoms with van der Waals surface area (Å²) in [5.41, 5.74) is 5.49. The Morgan fingerprint density at radius 2 is 2.00 bits per heavy atom. The second kappa shape index (κ2) is 4.85. The first kappa shape index (κ1) is 13.0. The topological polar surface area (TPSA) is 63.3 Å². The summed E-state index contributed by atoms with van der Waals surface area (Å²) >= 11 is 5.79. The molecule has 0 amide bonds. The zero-order valence-electron chi connectivity index (χ0n) is 9.40. The van der Waals surface area contributed by atoms with Crippen molar-refractivity contribution in [1.82, 2.24) is 0 Å². The Labute approximate surface area is 100 Å². The highest BCUT2D eigenvalue weighted by Crippen LogP contribution is 2.30. The molecule has 0 bridgehead atoms. The van der Waals surface area contributed by atoms with Crippen molar-refractivity contribution in [1.29, 1.82) is 0 Å². The lowest BCUT2D eigenvalue weighted by atomic mass is 9.79. The molecule has 4 heteroatoms. The van der Waals surface area contributed by atoms with Crippen molar-refractivity contribution in [2.24, 2.45) is 5.73 Å². The van der Waals surface area contributed by atoms with Crippen molar-refractivity contribution in [3.8, 4) is 0 Å². The van der Waals surface area contributed by atoms with Gasteiger partial charge in [0.05, 0.1) is 0 Å². The van der Waals surface area contributed by atoms with Gasteiger partial charge in [-0.1, -0.05) is 30.7 Å². The smallest absolute Gasteiger partial charge is 0.324 e. The fourth-order valence-corrected chi connectivity index (χ4v) is 1.98. The Balaban J connectivity index is 3.07. The highest BCUT2D eigenvalue weighted by molar-refractivity contribution is 6.30. The zero-order valence-corrected chi connectivity index (χ0v) is 10.2. The quantitative estimate of drug-likeness (QED) is 0.852. The van der Waals surface area contributed by atoms with E-state index in [1.54, 1.807) is 12.1 Å². The summed E-state index contributed by atoms with van der Waals surface area (Å²) in [5.74, 6) is -1.21. The summed E-state index contributed by atoms with van der Waals surface area (Å²) in [6, 6.07) is 7.14. The van der Waals surface area contributed by atoms with Gasteiger partial charge >= 0.3 is 5.97 Å². The van der Waals surface area contributed by atoms with Crippen LogP contribution in [-0.2, 0) is 4.79 Å². The maximum absolute atomic E-state index is 11.1. The molecule has 1 aromatic carbocycles. The number of benzene rings is 1. The van der Waals surface area contributed by atoms with Crippen LogP contribution in [0, 0.1) is 0 Å². The monoisotopic (exact) mass is 241 g/mol. The number of carboxylic acids is 1. The van der Waals surface area contributed by atoms with E-state index in [1.165, 1.54) is 6.92 Å². The Kier molecular flexibility index (Phi) is 3.94. The number of hydrogen-bond donors (Lipinski definition) is 2. The van der Waals surface area contributed by atoms with Gasteiger partial charge in [0.25, 0.3) is 0 Å². The van der Waals surface area contributed by atoms with E-state index in [-0.39, 0.29) is 5.92 Å². The number of halogens is 1. The van der Waals surface area contributed by atoms with E-state index in [2.05, 4.69) is 0 Å². The van der Waals surface area contributed by atoms with Crippen LogP contribution < -0.4 is 5.73 Å². The number of aliphatic carboxylic acids is 1. The molecule has 3 N–H and O–H groups in total. The van der Waals surface area contributed by atoms with Crippen LogP contribution >= 0.6 is 11.6 Å². The van der Waals surface area contributed by atoms with Gasteiger partial charge in [-0.3, -0.25) is 4.79 Å². The first-order valence-electron chi connectivity index (χ1n) is 5.17. The summed E-state index contributed by atoms with van der Waals surface area (Å²) in [7, 11) is 0. The third-order valence-electron chi connectivity index (χ3n) is 2.87. The molecule has 3 nitrogen and oxygen atoms in total. The minimum absolute atomic E-state index is 0.220. The van der Waals surface area contributed by atoms with Gasteiger partial charge in [-0.05, 0) is 31.0 Å². The third kappa shape index (κ3) is 2.54. The zero-order chi connectivity index (χ0) is 12.3. The molecule has 0 heterocycles. The average Bonchev–Trinajstić information content (AvgIpc) is 2.21. The highest BCUT2D eigenvalue weighted by atomic mass is 35.5. The normalized spacial score (nSPS) is 16.5. The third-order valence-corrected chi connectivity index (χ3v) is 3.12. The Morgan fingerprint density at radius 1 is 1.50 bits per heavy atom. The standard InChI is InChI=1S/C12H16ClNO2/c1-3-10(12(2,14)11(15)16)8-4-6-9(13)7-5-8/h4-7,10H,3,14H2,1-2H3,(H,15,16). The van der Waals surface area contributed by atoms with Gasteiger partial charge in [-0.15, -0.1) is 0 Å². The Bertz CT molecular complexity index is 373. The van der Waals surface area contributed by atoms with Crippen LogP contribution in [0.25, 0.3) is 0 Å². The number of hydrogen-bond acceptors (Lipinski definition) is 2. The first-order chi connectivity index (χ1) is 7.39. The van der Waals surface area contributed by atoms with E-state index >= 15 is 0 Å². The summed E-state index contributed by atoms with van der Waals surface area (Å²) < 4.78 is 0. The van der Waals surface area contributed by atoms with Gasteiger partial charge < -0.3 is 10.8 Å². The SMILES string of the molecule is CCC(c1ccc(Cl)cc1)C(C)(N)C(=O)O. The minimum atomic E-state index is -1.26. The summed E-state index contributed by atoms with van der Waals surface area (Å²) in [4.78, 5) is 11.1. The number of rotatable bonds is 4. The molecule has 0 aromatic heterocycles. The van der Waals surface area contributed by atoms with Gasteiger partial charge in [0.2, 0.25) is 0 Å². The van der Waals surface area contributed by atoms with Gasteiger partial charge in [-0.2, -0.15) is 0 Å². The molecular weight excluding hydrogens is 226 g/mol. The van der Waals surface area contributed by atoms with Crippen molar-refractivity contribution in [2.45, 2.75) is 31.7 Å². The molecule has 0 aliphatic carbocycles. The fraction of sp³-hybridized carbons (Fsp3) is 0.417. The number of nitrogens with two attached hydrogens (primary N) is 1. The maximum Gasteiger partial charge on any atom is 0.324 e. The Hall–Kier alpha value is -1.06. The molecule has 0 saturated heterocycles. The largest absolute Gasteiger partial charge is 0.480 e. The summed E-state index contributed by atoms with van der Waals surface area (Å²) in [5, 5.41) is 9.74. The van der Waals surface area contributed by atoms with E-state index in [4.69, 9.17) is 22.4 Å². The van der Waals surface area contributed by atoms with Gasteiger partial charge in [0.1, 0.15) is 5.54 Å². The molecule has 0 saturated carbocycles. The first-order valence-corrected chi connectivity index (χ1v) is 5.55. The van der Waals surface area contributed by atoms with Gasteiger partial charge in [0.15, 0.2) is 0 Å². The van der Waals surface area contributed by atoms with Gasteiger partial charge in [-0.25, -0.2) is 0 Å². The molecule has 0 radical (unpaired) electrons. The van der Waals surface area contributed by atoms with E-state index < -0.39 is 11.5 Å². The van der Waals surface area contributed by atoms with E-state index in [0.717, 1.165) is 5.56 Å². The molecule has 0 fully saturated rings. The van der Waals surface area contributed by atoms with Crippen LogP contribution in [0.2, 0.25) is 5.02 Å². The van der Waals surface area contributed by atoms with Crippen LogP contribution in [0.1, 0.15) is 31.7 Å². The van der Waals surface area contributed by atoms with E-state index in [1.807, 2.05) is 19.1 Å². The predicted octanol–water partition coefficient (Wildman–Crippen LogP) is 2.64. The lowest BCUT2D eigenvalue weighted by Gasteiger charge is -2.29. The average molecular weight is 242 g/mol. The molecule has 2 unspecified atom stereocenters. The van der Waals surface area contributed by atoms with Crippen LogP contribution in [0.3, 0.4) is 0 Å². The fourth-order valence-electron chi connectivity index (χ4n) is 1.85. The molecule has 0 spiro atoms. The van der Waals surface area contributed by atoms with Crippen LogP contribution in [0.5, 0.6) is 0 Å². The van der Waals surface area contributed by atoms with Crippen molar-refractivity contribution in [3.05, 3.63) is 34.9 Å². The molecule has 1 aromatic rings. The molecule has 0 aliphatic rings. The van der Waals surface area contributed by atoms with Crippen molar-refractivity contribution >= 4 is 17.6 Å². The molecular formula is C12H16ClNO2. The number of carbonyl (C=O) groups is 1.